The zero-order valence-electron chi connectivity index (χ0n) is 26.2. The molecule has 3 aromatic carbocycles. The van der Waals surface area contributed by atoms with Gasteiger partial charge in [-0.3, -0.25) is 9.59 Å². The molecular weight excluding hydrogens is 526 g/mol. The Bertz CT molecular complexity index is 1340. The van der Waals surface area contributed by atoms with Crippen LogP contribution in [0.15, 0.2) is 66.7 Å². The van der Waals surface area contributed by atoms with Crippen LogP contribution in [0, 0.1) is 5.92 Å². The number of rotatable bonds is 12. The van der Waals surface area contributed by atoms with E-state index in [1.165, 1.54) is 0 Å². The minimum atomic E-state index is -0.895. The lowest BCUT2D eigenvalue weighted by molar-refractivity contribution is -0.141. The van der Waals surface area contributed by atoms with Crippen LogP contribution < -0.4 is 10.6 Å². The predicted octanol–water partition coefficient (Wildman–Crippen LogP) is 7.65. The number of anilines is 1. The van der Waals surface area contributed by atoms with Crippen molar-refractivity contribution < 1.29 is 19.1 Å². The van der Waals surface area contributed by atoms with Crippen LogP contribution in [-0.2, 0) is 20.7 Å². The summed E-state index contributed by atoms with van der Waals surface area (Å²) in [4.78, 5) is 42.9. The van der Waals surface area contributed by atoms with E-state index in [1.54, 1.807) is 25.7 Å². The maximum Gasteiger partial charge on any atom is 0.408 e. The summed E-state index contributed by atoms with van der Waals surface area (Å²) in [6.07, 6.45) is 2.80. The predicted molar refractivity (Wildman–Crippen MR) is 170 cm³/mol. The second-order valence-corrected chi connectivity index (χ2v) is 12.2. The highest BCUT2D eigenvalue weighted by atomic mass is 16.6. The third kappa shape index (κ3) is 9.07. The number of carbonyl (C=O) groups is 3. The number of benzene rings is 3. The fraction of sp³-hybridized carbons (Fsp3) is 0.457. The first-order valence-corrected chi connectivity index (χ1v) is 15.1. The minimum absolute atomic E-state index is 0.231. The van der Waals surface area contributed by atoms with Crippen LogP contribution in [0.1, 0.15) is 84.9 Å². The first-order valence-electron chi connectivity index (χ1n) is 15.1. The van der Waals surface area contributed by atoms with Crippen molar-refractivity contribution in [2.75, 3.05) is 11.9 Å². The smallest absolute Gasteiger partial charge is 0.408 e. The number of nitrogens with zero attached hydrogens (tertiary/aromatic N) is 1. The fourth-order valence-corrected chi connectivity index (χ4v) is 4.91. The number of fused-ring (bicyclic) bond motifs is 1. The number of unbranched alkanes of at least 4 members (excludes halogenated alkanes) is 2. The Morgan fingerprint density at radius 2 is 1.55 bits per heavy atom. The Hall–Kier alpha value is -3.87. The maximum absolute atomic E-state index is 14.3. The van der Waals surface area contributed by atoms with Gasteiger partial charge in [0, 0.05) is 12.2 Å². The van der Waals surface area contributed by atoms with Gasteiger partial charge in [0.2, 0.25) is 5.91 Å². The number of hydrogen-bond donors (Lipinski definition) is 2. The Labute approximate surface area is 251 Å². The molecule has 3 amide bonds. The number of carbonyl (C=O) groups excluding carboxylic acids is 3. The normalized spacial score (nSPS) is 13.0. The molecule has 3 rings (SSSR count). The molecule has 0 spiro atoms. The number of ether oxygens (including phenoxy) is 1. The molecule has 0 aromatic heterocycles. The van der Waals surface area contributed by atoms with Gasteiger partial charge in [-0.1, -0.05) is 95.1 Å². The summed E-state index contributed by atoms with van der Waals surface area (Å²) in [5.41, 5.74) is 1.80. The number of hydrogen-bond acceptors (Lipinski definition) is 4. The van der Waals surface area contributed by atoms with Crippen LogP contribution in [0.4, 0.5) is 10.5 Å². The molecule has 42 heavy (non-hydrogen) atoms. The van der Waals surface area contributed by atoms with Gasteiger partial charge in [-0.2, -0.15) is 0 Å². The molecule has 0 heterocycles. The van der Waals surface area contributed by atoms with Crippen molar-refractivity contribution >= 4 is 34.4 Å². The quantitative estimate of drug-likeness (QED) is 0.218. The maximum atomic E-state index is 14.3. The van der Waals surface area contributed by atoms with Gasteiger partial charge in [0.05, 0.1) is 0 Å². The van der Waals surface area contributed by atoms with Crippen molar-refractivity contribution in [1.29, 1.82) is 0 Å². The van der Waals surface area contributed by atoms with Crippen molar-refractivity contribution in [3.63, 3.8) is 0 Å². The highest BCUT2D eigenvalue weighted by Crippen LogP contribution is 2.28. The first-order chi connectivity index (χ1) is 19.9. The van der Waals surface area contributed by atoms with Crippen LogP contribution in [0.25, 0.3) is 10.8 Å². The van der Waals surface area contributed by atoms with E-state index in [1.807, 2.05) is 80.6 Å². The van der Waals surface area contributed by atoms with Gasteiger partial charge >= 0.3 is 6.09 Å². The van der Waals surface area contributed by atoms with Crippen LogP contribution >= 0.6 is 0 Å². The molecule has 0 radical (unpaired) electrons. The second-order valence-electron chi connectivity index (χ2n) is 12.2. The third-order valence-corrected chi connectivity index (χ3v) is 7.17. The molecule has 2 atom stereocenters. The molecule has 0 aliphatic carbocycles. The van der Waals surface area contributed by atoms with E-state index in [0.717, 1.165) is 47.6 Å². The molecule has 7 nitrogen and oxygen atoms in total. The highest BCUT2D eigenvalue weighted by molar-refractivity contribution is 6.00. The standard InChI is InChI=1S/C35H47N3O4/c1-8-10-13-22-38(33(40)30(24(3)4)37-34(41)42-35(5,6)7)31(27-18-16-25(9-2)17-19-27)32(39)36-29-21-20-26-14-11-12-15-28(26)23-29/h11-12,14-21,23-24,30-31H,8-10,13,22H2,1-7H3,(H,36,39)(H,37,41). The number of amides is 3. The van der Waals surface area contributed by atoms with Gasteiger partial charge in [0.15, 0.2) is 0 Å². The van der Waals surface area contributed by atoms with Crippen LogP contribution in [0.5, 0.6) is 0 Å². The van der Waals surface area contributed by atoms with E-state index in [0.29, 0.717) is 12.2 Å². The summed E-state index contributed by atoms with van der Waals surface area (Å²) in [6, 6.07) is 19.8. The summed E-state index contributed by atoms with van der Waals surface area (Å²) in [7, 11) is 0. The van der Waals surface area contributed by atoms with E-state index >= 15 is 0 Å². The number of alkyl carbamates (subject to hydrolysis) is 1. The van der Waals surface area contributed by atoms with Crippen LogP contribution in [0.3, 0.4) is 0 Å². The zero-order valence-corrected chi connectivity index (χ0v) is 26.2. The van der Waals surface area contributed by atoms with Crippen molar-refractivity contribution in [1.82, 2.24) is 10.2 Å². The van der Waals surface area contributed by atoms with E-state index in [9.17, 15) is 14.4 Å². The molecule has 0 saturated heterocycles. The third-order valence-electron chi connectivity index (χ3n) is 7.17. The highest BCUT2D eigenvalue weighted by Gasteiger charge is 2.37. The van der Waals surface area contributed by atoms with Crippen molar-refractivity contribution in [2.45, 2.75) is 91.8 Å². The van der Waals surface area contributed by atoms with E-state index in [-0.39, 0.29) is 17.7 Å². The minimum Gasteiger partial charge on any atom is -0.444 e. The molecule has 226 valence electrons. The van der Waals surface area contributed by atoms with E-state index in [2.05, 4.69) is 24.5 Å². The van der Waals surface area contributed by atoms with Crippen LogP contribution in [0.2, 0.25) is 0 Å². The van der Waals surface area contributed by atoms with Crippen molar-refractivity contribution in [3.8, 4) is 0 Å². The number of aryl methyl sites for hydroxylation is 1. The molecule has 2 unspecified atom stereocenters. The fourth-order valence-electron chi connectivity index (χ4n) is 4.91. The Morgan fingerprint density at radius 3 is 2.14 bits per heavy atom. The largest absolute Gasteiger partial charge is 0.444 e. The number of nitrogens with one attached hydrogen (secondary N) is 2. The van der Waals surface area contributed by atoms with Crippen molar-refractivity contribution in [2.24, 2.45) is 5.92 Å². The molecule has 0 aliphatic heterocycles. The lowest BCUT2D eigenvalue weighted by atomic mass is 9.97. The Balaban J connectivity index is 2.03. The van der Waals surface area contributed by atoms with Gasteiger partial charge < -0.3 is 20.3 Å². The van der Waals surface area contributed by atoms with Gasteiger partial charge in [-0.05, 0) is 73.6 Å². The van der Waals surface area contributed by atoms with Crippen molar-refractivity contribution in [3.05, 3.63) is 77.9 Å². The summed E-state index contributed by atoms with van der Waals surface area (Å²) >= 11 is 0. The average molecular weight is 574 g/mol. The molecule has 3 aromatic rings. The van der Waals surface area contributed by atoms with Crippen LogP contribution in [-0.4, -0.2) is 41.0 Å². The topological polar surface area (TPSA) is 87.7 Å². The molecule has 7 heteroatoms. The lowest BCUT2D eigenvalue weighted by Crippen LogP contribution is -2.54. The van der Waals surface area contributed by atoms with Gasteiger partial charge in [0.25, 0.3) is 5.91 Å². The molecule has 0 bridgehead atoms. The summed E-state index contributed by atoms with van der Waals surface area (Å²) in [6.45, 7) is 13.6. The zero-order chi connectivity index (χ0) is 30.9. The SMILES string of the molecule is CCCCCN(C(=O)C(NC(=O)OC(C)(C)C)C(C)C)C(C(=O)Nc1ccc2ccccc2c1)c1ccc(CC)cc1. The van der Waals surface area contributed by atoms with E-state index in [4.69, 9.17) is 4.74 Å². The monoisotopic (exact) mass is 573 g/mol. The molecule has 0 aliphatic rings. The molecule has 0 fully saturated rings. The summed E-state index contributed by atoms with van der Waals surface area (Å²) in [5.74, 6) is -0.852. The van der Waals surface area contributed by atoms with Gasteiger partial charge in [-0.15, -0.1) is 0 Å². The molecule has 0 saturated carbocycles. The second kappa shape index (κ2) is 14.9. The first kappa shape index (κ1) is 32.6. The molecular formula is C35H47N3O4. The van der Waals surface area contributed by atoms with Gasteiger partial charge in [-0.25, -0.2) is 4.79 Å². The lowest BCUT2D eigenvalue weighted by Gasteiger charge is -2.35. The molecule has 2 N–H and O–H groups in total. The van der Waals surface area contributed by atoms with E-state index < -0.39 is 23.8 Å². The Morgan fingerprint density at radius 1 is 0.881 bits per heavy atom. The summed E-state index contributed by atoms with van der Waals surface area (Å²) in [5, 5.41) is 7.96. The Kier molecular flexibility index (Phi) is 11.5. The van der Waals surface area contributed by atoms with Gasteiger partial charge in [0.1, 0.15) is 17.7 Å². The average Bonchev–Trinajstić information content (AvgIpc) is 2.94. The summed E-state index contributed by atoms with van der Waals surface area (Å²) < 4.78 is 5.48.